The van der Waals surface area contributed by atoms with E-state index >= 15 is 0 Å². The Bertz CT molecular complexity index is 755. The van der Waals surface area contributed by atoms with Gasteiger partial charge in [-0.25, -0.2) is 0 Å². The summed E-state index contributed by atoms with van der Waals surface area (Å²) in [7, 11) is 3.63. The molecule has 0 aliphatic carbocycles. The van der Waals surface area contributed by atoms with Gasteiger partial charge >= 0.3 is 0 Å². The van der Waals surface area contributed by atoms with E-state index in [9.17, 15) is 5.11 Å². The van der Waals surface area contributed by atoms with Gasteiger partial charge in [-0.15, -0.1) is 11.8 Å². The largest absolute Gasteiger partial charge is 0.493 e. The van der Waals surface area contributed by atoms with Crippen LogP contribution in [0.15, 0.2) is 47.4 Å². The predicted octanol–water partition coefficient (Wildman–Crippen LogP) is 3.79. The number of methoxy groups -OCH3 is 1. The fourth-order valence-corrected chi connectivity index (χ4v) is 3.34. The highest BCUT2D eigenvalue weighted by Crippen LogP contribution is 2.28. The summed E-state index contributed by atoms with van der Waals surface area (Å²) in [5, 5.41) is 13.7. The van der Waals surface area contributed by atoms with Crippen LogP contribution in [-0.4, -0.2) is 55.7 Å². The van der Waals surface area contributed by atoms with Crippen LogP contribution in [0.3, 0.4) is 0 Å². The van der Waals surface area contributed by atoms with Crippen molar-refractivity contribution in [2.45, 2.75) is 44.0 Å². The molecule has 0 spiro atoms. The predicted molar refractivity (Wildman–Crippen MR) is 121 cm³/mol. The molecule has 0 aliphatic heterocycles. The molecule has 0 heterocycles. The number of aliphatic hydroxyl groups is 1. The molecule has 0 aromatic heterocycles. The second kappa shape index (κ2) is 12.1. The van der Waals surface area contributed by atoms with E-state index in [0.717, 1.165) is 18.7 Å². The lowest BCUT2D eigenvalue weighted by Gasteiger charge is -2.24. The molecule has 1 atom stereocenters. The molecule has 160 valence electrons. The van der Waals surface area contributed by atoms with Crippen LogP contribution >= 0.6 is 11.8 Å². The number of nitrogens with one attached hydrogen (secondary N) is 1. The monoisotopic (exact) mass is 418 g/mol. The van der Waals surface area contributed by atoms with E-state index in [4.69, 9.17) is 9.47 Å². The molecule has 2 rings (SSSR count). The van der Waals surface area contributed by atoms with Crippen molar-refractivity contribution < 1.29 is 14.6 Å². The van der Waals surface area contributed by atoms with Crippen LogP contribution in [0.4, 0.5) is 0 Å². The van der Waals surface area contributed by atoms with E-state index in [1.54, 1.807) is 18.9 Å². The third-order valence-electron chi connectivity index (χ3n) is 4.83. The maximum Gasteiger partial charge on any atom is 0.161 e. The normalized spacial score (nSPS) is 12.4. The number of nitrogens with zero attached hydrogens (tertiary/aromatic N) is 1. The Morgan fingerprint density at radius 2 is 1.79 bits per heavy atom. The molecule has 6 heteroatoms. The average molecular weight is 419 g/mol. The maximum atomic E-state index is 10.2. The van der Waals surface area contributed by atoms with Gasteiger partial charge in [-0.05, 0) is 62.5 Å². The Labute approximate surface area is 179 Å². The van der Waals surface area contributed by atoms with Gasteiger partial charge in [-0.3, -0.25) is 0 Å². The summed E-state index contributed by atoms with van der Waals surface area (Å²) in [6.45, 7) is 6.55. The second-order valence-electron chi connectivity index (χ2n) is 7.44. The summed E-state index contributed by atoms with van der Waals surface area (Å²) < 4.78 is 11.3. The minimum Gasteiger partial charge on any atom is -0.493 e. The lowest BCUT2D eigenvalue weighted by Crippen LogP contribution is -2.36. The van der Waals surface area contributed by atoms with Crippen LogP contribution in [0.1, 0.15) is 25.0 Å². The zero-order valence-corrected chi connectivity index (χ0v) is 19.0. The zero-order chi connectivity index (χ0) is 21.2. The zero-order valence-electron chi connectivity index (χ0n) is 18.1. The van der Waals surface area contributed by atoms with Gasteiger partial charge in [0, 0.05) is 30.6 Å². The standard InChI is InChI=1S/C23H34N2O3S/c1-17(2)25(3)15-20(26)16-28-22-10-9-19(12-23(22)27-4)14-24-13-18-7-6-8-21(11-18)29-5/h6-12,17,20,24,26H,13-16H2,1-5H3/t20-/m1/s1. The van der Waals surface area contributed by atoms with Crippen LogP contribution in [0.25, 0.3) is 0 Å². The number of ether oxygens (including phenoxy) is 2. The first-order valence-electron chi connectivity index (χ1n) is 9.94. The SMILES string of the molecule is COc1cc(CNCc2cccc(SC)c2)ccc1OC[C@H](O)CN(C)C(C)C. The molecule has 5 nitrogen and oxygen atoms in total. The number of thioether (sulfide) groups is 1. The molecular weight excluding hydrogens is 384 g/mol. The maximum absolute atomic E-state index is 10.2. The molecule has 0 unspecified atom stereocenters. The molecule has 2 aromatic carbocycles. The molecule has 2 N–H and O–H groups in total. The Morgan fingerprint density at radius 3 is 2.45 bits per heavy atom. The fourth-order valence-electron chi connectivity index (χ4n) is 2.86. The lowest BCUT2D eigenvalue weighted by molar-refractivity contribution is 0.0668. The van der Waals surface area contributed by atoms with Gasteiger partial charge in [0.1, 0.15) is 12.7 Å². The van der Waals surface area contributed by atoms with Gasteiger partial charge in [-0.2, -0.15) is 0 Å². The minimum atomic E-state index is -0.550. The third-order valence-corrected chi connectivity index (χ3v) is 5.56. The highest BCUT2D eigenvalue weighted by molar-refractivity contribution is 7.98. The minimum absolute atomic E-state index is 0.233. The van der Waals surface area contributed by atoms with E-state index in [-0.39, 0.29) is 6.61 Å². The Balaban J connectivity index is 1.87. The summed E-state index contributed by atoms with van der Waals surface area (Å²) in [6, 6.07) is 14.8. The fraction of sp³-hybridized carbons (Fsp3) is 0.478. The molecule has 0 fully saturated rings. The number of hydrogen-bond acceptors (Lipinski definition) is 6. The summed E-state index contributed by atoms with van der Waals surface area (Å²) in [5.74, 6) is 1.33. The van der Waals surface area contributed by atoms with E-state index in [1.165, 1.54) is 10.5 Å². The Morgan fingerprint density at radius 1 is 1.07 bits per heavy atom. The van der Waals surface area contributed by atoms with Crippen molar-refractivity contribution >= 4 is 11.8 Å². The summed E-state index contributed by atoms with van der Waals surface area (Å²) >= 11 is 1.75. The number of rotatable bonds is 12. The molecule has 0 saturated carbocycles. The van der Waals surface area contributed by atoms with Crippen LogP contribution in [0.5, 0.6) is 11.5 Å². The van der Waals surface area contributed by atoms with Crippen molar-refractivity contribution in [3.63, 3.8) is 0 Å². The molecule has 29 heavy (non-hydrogen) atoms. The van der Waals surface area contributed by atoms with Crippen LogP contribution in [0, 0.1) is 0 Å². The highest BCUT2D eigenvalue weighted by Gasteiger charge is 2.13. The molecule has 2 aromatic rings. The molecule has 0 amide bonds. The summed E-state index contributed by atoms with van der Waals surface area (Å²) in [4.78, 5) is 3.36. The number of aliphatic hydroxyl groups excluding tert-OH is 1. The van der Waals surface area contributed by atoms with E-state index < -0.39 is 6.10 Å². The van der Waals surface area contributed by atoms with Gasteiger partial charge in [0.2, 0.25) is 0 Å². The second-order valence-corrected chi connectivity index (χ2v) is 8.32. The molecule has 0 saturated heterocycles. The molecule has 0 radical (unpaired) electrons. The van der Waals surface area contributed by atoms with Gasteiger partial charge in [0.05, 0.1) is 7.11 Å². The number of hydrogen-bond donors (Lipinski definition) is 2. The first kappa shape index (κ1) is 23.5. The Hall–Kier alpha value is -1.73. The van der Waals surface area contributed by atoms with E-state index in [2.05, 4.69) is 54.6 Å². The molecule has 0 aliphatic rings. The van der Waals surface area contributed by atoms with Crippen molar-refractivity contribution in [3.05, 3.63) is 53.6 Å². The number of benzene rings is 2. The quantitative estimate of drug-likeness (QED) is 0.512. The first-order valence-corrected chi connectivity index (χ1v) is 11.2. The van der Waals surface area contributed by atoms with Crippen LogP contribution in [-0.2, 0) is 13.1 Å². The topological polar surface area (TPSA) is 54.0 Å². The smallest absolute Gasteiger partial charge is 0.161 e. The van der Waals surface area contributed by atoms with Crippen molar-refractivity contribution in [1.82, 2.24) is 10.2 Å². The van der Waals surface area contributed by atoms with Crippen molar-refractivity contribution in [2.24, 2.45) is 0 Å². The average Bonchev–Trinajstić information content (AvgIpc) is 2.72. The van der Waals surface area contributed by atoms with Gasteiger partial charge < -0.3 is 24.8 Å². The van der Waals surface area contributed by atoms with Gasteiger partial charge in [0.25, 0.3) is 0 Å². The Kier molecular flexibility index (Phi) is 9.81. The van der Waals surface area contributed by atoms with E-state index in [1.807, 2.05) is 25.2 Å². The van der Waals surface area contributed by atoms with Crippen LogP contribution < -0.4 is 14.8 Å². The van der Waals surface area contributed by atoms with Crippen LogP contribution in [0.2, 0.25) is 0 Å². The van der Waals surface area contributed by atoms with Gasteiger partial charge in [0.15, 0.2) is 11.5 Å². The molecular formula is C23H34N2O3S. The molecule has 0 bridgehead atoms. The van der Waals surface area contributed by atoms with Gasteiger partial charge in [-0.1, -0.05) is 18.2 Å². The summed E-state index contributed by atoms with van der Waals surface area (Å²) in [6.07, 6.45) is 1.54. The van der Waals surface area contributed by atoms with Crippen molar-refractivity contribution in [3.8, 4) is 11.5 Å². The van der Waals surface area contributed by atoms with Crippen molar-refractivity contribution in [2.75, 3.05) is 33.6 Å². The van der Waals surface area contributed by atoms with E-state index in [0.29, 0.717) is 24.1 Å². The summed E-state index contributed by atoms with van der Waals surface area (Å²) in [5.41, 5.74) is 2.39. The van der Waals surface area contributed by atoms with Crippen molar-refractivity contribution in [1.29, 1.82) is 0 Å². The highest BCUT2D eigenvalue weighted by atomic mass is 32.2. The first-order chi connectivity index (χ1) is 13.9. The number of likely N-dealkylation sites (N-methyl/N-ethyl adjacent to an activating group) is 1. The lowest BCUT2D eigenvalue weighted by atomic mass is 10.2. The third kappa shape index (κ3) is 7.90.